The van der Waals surface area contributed by atoms with E-state index in [1.807, 2.05) is 71.0 Å². The molecule has 0 amide bonds. The van der Waals surface area contributed by atoms with Gasteiger partial charge in [-0.05, 0) is 106 Å². The van der Waals surface area contributed by atoms with Gasteiger partial charge in [0.05, 0.1) is 29.8 Å². The molecular weight excluding hydrogens is 727 g/mol. The van der Waals surface area contributed by atoms with Crippen LogP contribution in [0.3, 0.4) is 0 Å². The molecule has 6 aromatic rings. The number of benzene rings is 5. The smallest absolute Gasteiger partial charge is 0.337 e. The number of hydrogen-bond donors (Lipinski definition) is 1. The zero-order valence-corrected chi connectivity index (χ0v) is 34.3. The number of nitrogens with zero attached hydrogens (tertiary/aromatic N) is 4. The van der Waals surface area contributed by atoms with Crippen molar-refractivity contribution in [1.29, 1.82) is 5.26 Å². The van der Waals surface area contributed by atoms with Gasteiger partial charge in [0.2, 0.25) is 0 Å². The van der Waals surface area contributed by atoms with Crippen molar-refractivity contribution in [2.24, 2.45) is 0 Å². The molecule has 1 aliphatic heterocycles. The maximum absolute atomic E-state index is 12.3. The third kappa shape index (κ3) is 10.4. The molecule has 1 aliphatic rings. The highest BCUT2D eigenvalue weighted by Crippen LogP contribution is 2.44. The van der Waals surface area contributed by atoms with E-state index < -0.39 is 11.5 Å². The Morgan fingerprint density at radius 2 is 1.34 bits per heavy atom. The van der Waals surface area contributed by atoms with Crippen LogP contribution in [0.15, 0.2) is 127 Å². The summed E-state index contributed by atoms with van der Waals surface area (Å²) >= 11 is 0. The maximum Gasteiger partial charge on any atom is 0.337 e. The Kier molecular flexibility index (Phi) is 16.1. The number of hydrogen-bond acceptors (Lipinski definition) is 9. The second-order valence-electron chi connectivity index (χ2n) is 14.6. The van der Waals surface area contributed by atoms with Crippen molar-refractivity contribution in [3.63, 3.8) is 0 Å². The van der Waals surface area contributed by atoms with Crippen molar-refractivity contribution in [1.82, 2.24) is 14.7 Å². The summed E-state index contributed by atoms with van der Waals surface area (Å²) in [5, 5.41) is 19.3. The number of carbonyl (C=O) groups excluding carboxylic acids is 3. The number of nitrogens with one attached hydrogen (secondary N) is 1. The van der Waals surface area contributed by atoms with Crippen LogP contribution >= 0.6 is 0 Å². The highest BCUT2D eigenvalue weighted by molar-refractivity contribution is 5.96. The first-order valence-electron chi connectivity index (χ1n) is 19.2. The number of fused-ring (bicyclic) bond motifs is 1. The van der Waals surface area contributed by atoms with Gasteiger partial charge in [0, 0.05) is 18.0 Å². The Labute approximate surface area is 342 Å². The molecule has 0 atom stereocenters. The van der Waals surface area contributed by atoms with Crippen LogP contribution in [0.5, 0.6) is 0 Å². The summed E-state index contributed by atoms with van der Waals surface area (Å²) in [6, 6.07) is 44.5. The van der Waals surface area contributed by atoms with Crippen molar-refractivity contribution < 1.29 is 23.9 Å². The molecule has 7 rings (SSSR count). The summed E-state index contributed by atoms with van der Waals surface area (Å²) in [7, 11) is 5.39. The van der Waals surface area contributed by atoms with Crippen LogP contribution in [0.2, 0.25) is 0 Å². The molecule has 0 aliphatic carbocycles. The summed E-state index contributed by atoms with van der Waals surface area (Å²) in [6.07, 6.45) is 4.28. The summed E-state index contributed by atoms with van der Waals surface area (Å²) in [6.45, 7) is 10.6. The molecule has 58 heavy (non-hydrogen) atoms. The highest BCUT2D eigenvalue weighted by atomic mass is 16.5. The van der Waals surface area contributed by atoms with Crippen LogP contribution in [-0.2, 0) is 24.6 Å². The molecule has 300 valence electrons. The summed E-state index contributed by atoms with van der Waals surface area (Å²) in [5.41, 5.74) is 5.29. The van der Waals surface area contributed by atoms with Crippen molar-refractivity contribution in [2.75, 3.05) is 39.6 Å². The number of piperidine rings is 1. The third-order valence-electron chi connectivity index (χ3n) is 9.66. The average Bonchev–Trinajstić information content (AvgIpc) is 3.63. The Morgan fingerprint density at radius 1 is 0.810 bits per heavy atom. The van der Waals surface area contributed by atoms with Crippen LogP contribution < -0.4 is 5.32 Å². The van der Waals surface area contributed by atoms with Crippen LogP contribution in [0.4, 0.5) is 5.82 Å². The normalized spacial score (nSPS) is 12.5. The lowest BCUT2D eigenvalue weighted by Gasteiger charge is -2.37. The van der Waals surface area contributed by atoms with Gasteiger partial charge in [-0.15, -0.1) is 0 Å². The monoisotopic (exact) mass is 779 g/mol. The Hall–Kier alpha value is -6.57. The molecule has 1 aromatic heterocycles. The van der Waals surface area contributed by atoms with Crippen LogP contribution in [-0.4, -0.2) is 73.8 Å². The Bertz CT molecular complexity index is 2160. The molecule has 10 nitrogen and oxygen atoms in total. The molecule has 1 saturated heterocycles. The van der Waals surface area contributed by atoms with E-state index in [0.717, 1.165) is 33.2 Å². The van der Waals surface area contributed by atoms with Gasteiger partial charge in [-0.1, -0.05) is 103 Å². The lowest BCUT2D eigenvalue weighted by Crippen LogP contribution is -2.38. The molecule has 0 bridgehead atoms. The molecular formula is C48H53N5O5. The molecule has 10 heteroatoms. The zero-order valence-electron chi connectivity index (χ0n) is 34.3. The summed E-state index contributed by atoms with van der Waals surface area (Å²) in [5.74, 6) is 0.241. The summed E-state index contributed by atoms with van der Waals surface area (Å²) in [4.78, 5) is 32.3. The van der Waals surface area contributed by atoms with E-state index in [-0.39, 0.29) is 5.60 Å². The molecule has 1 fully saturated rings. The Morgan fingerprint density at radius 3 is 1.74 bits per heavy atom. The van der Waals surface area contributed by atoms with Gasteiger partial charge in [-0.25, -0.2) is 9.48 Å². The fourth-order valence-electron chi connectivity index (χ4n) is 6.95. The highest BCUT2D eigenvalue weighted by Gasteiger charge is 2.41. The van der Waals surface area contributed by atoms with Gasteiger partial charge in [-0.3, -0.25) is 4.79 Å². The first kappa shape index (κ1) is 44.1. The number of esters is 1. The van der Waals surface area contributed by atoms with E-state index in [4.69, 9.17) is 14.6 Å². The minimum absolute atomic E-state index is 0.318. The quantitative estimate of drug-likeness (QED) is 0.0915. The number of anilines is 1. The average molecular weight is 780 g/mol. The summed E-state index contributed by atoms with van der Waals surface area (Å²) < 4.78 is 11.6. The minimum Gasteiger partial charge on any atom is -0.465 e. The molecule has 5 aromatic carbocycles. The van der Waals surface area contributed by atoms with Crippen molar-refractivity contribution in [2.45, 2.75) is 51.2 Å². The first-order valence-corrected chi connectivity index (χ1v) is 19.2. The van der Waals surface area contributed by atoms with Crippen molar-refractivity contribution in [3.8, 4) is 17.2 Å². The van der Waals surface area contributed by atoms with Crippen molar-refractivity contribution in [3.05, 3.63) is 155 Å². The SMILES string of the molecule is C=O.CC(C)(C)OC=O.CN1CCCCC1.CNc1nn(C(c2ccccc2)(c2ccccc2)c2ccccc2)c2ccc(-c3cc(C(=O)OC)ccc3C#N)cc12. The standard InChI is InChI=1S/C36H28N4O2.C6H13N.C5H10O2.CH2O/c1-38-34-32-22-25(31-23-26(35(41)42-2)18-19-27(31)24-37)20-21-33(32)40(39-34)36(28-12-6-3-7-13-28,29-14-8-4-9-15-29)30-16-10-5-11-17-30;1-7-5-3-2-4-6-7;1-5(2,3)7-4-6;1-2/h3-23H,1-2H3,(H,38,39);2-6H2,1H3;4H,1-3H3;1H2. The van der Waals surface area contributed by atoms with E-state index >= 15 is 0 Å². The van der Waals surface area contributed by atoms with Crippen LogP contribution in [0, 0.1) is 11.3 Å². The third-order valence-corrected chi connectivity index (χ3v) is 9.66. The topological polar surface area (TPSA) is 127 Å². The maximum atomic E-state index is 12.3. The fraction of sp³-hybridized carbons (Fsp3) is 0.271. The number of aromatic nitrogens is 2. The van der Waals surface area contributed by atoms with E-state index in [1.54, 1.807) is 18.2 Å². The molecule has 0 unspecified atom stereocenters. The van der Waals surface area contributed by atoms with Crippen LogP contribution in [0.1, 0.15) is 72.6 Å². The van der Waals surface area contributed by atoms with E-state index in [1.165, 1.54) is 39.5 Å². The van der Waals surface area contributed by atoms with E-state index in [2.05, 4.69) is 106 Å². The van der Waals surface area contributed by atoms with E-state index in [0.29, 0.717) is 29.0 Å². The zero-order chi connectivity index (χ0) is 42.1. The second kappa shape index (κ2) is 21.1. The van der Waals surface area contributed by atoms with Gasteiger partial charge >= 0.3 is 5.97 Å². The molecule has 0 radical (unpaired) electrons. The largest absolute Gasteiger partial charge is 0.465 e. The number of carbonyl (C=O) groups is 3. The van der Waals surface area contributed by atoms with Crippen molar-refractivity contribution >= 4 is 36.0 Å². The molecule has 0 spiro atoms. The fourth-order valence-corrected chi connectivity index (χ4v) is 6.95. The molecule has 1 N–H and O–H groups in total. The predicted octanol–water partition coefficient (Wildman–Crippen LogP) is 9.12. The second-order valence-corrected chi connectivity index (χ2v) is 14.6. The number of ether oxygens (including phenoxy) is 2. The van der Waals surface area contributed by atoms with Gasteiger partial charge in [-0.2, -0.15) is 10.4 Å². The number of methoxy groups -OCH3 is 1. The minimum atomic E-state index is -0.790. The van der Waals surface area contributed by atoms with Gasteiger partial charge < -0.3 is 24.5 Å². The van der Waals surface area contributed by atoms with Crippen LogP contribution in [0.25, 0.3) is 22.0 Å². The molecule has 2 heterocycles. The van der Waals surface area contributed by atoms with E-state index in [9.17, 15) is 14.9 Å². The molecule has 0 saturated carbocycles. The van der Waals surface area contributed by atoms with Gasteiger partial charge in [0.25, 0.3) is 6.47 Å². The first-order chi connectivity index (χ1) is 28.1. The number of rotatable bonds is 8. The lowest BCUT2D eigenvalue weighted by molar-refractivity contribution is -0.138. The van der Waals surface area contributed by atoms with Gasteiger partial charge in [0.1, 0.15) is 17.9 Å². The Balaban J connectivity index is 0.000000392. The lowest BCUT2D eigenvalue weighted by atomic mass is 9.77. The predicted molar refractivity (Wildman–Crippen MR) is 231 cm³/mol. The van der Waals surface area contributed by atoms with Gasteiger partial charge in [0.15, 0.2) is 5.82 Å². The number of likely N-dealkylation sites (tertiary alicyclic amines) is 1. The number of nitriles is 1.